The second kappa shape index (κ2) is 8.68. The number of likely N-dealkylation sites (tertiary alicyclic amines) is 1. The van der Waals surface area contributed by atoms with Gasteiger partial charge in [0.05, 0.1) is 0 Å². The lowest BCUT2D eigenvalue weighted by Crippen LogP contribution is -2.48. The second-order valence-electron chi connectivity index (χ2n) is 7.90. The molecule has 9 heteroatoms. The molecule has 2 saturated heterocycles. The van der Waals surface area contributed by atoms with Gasteiger partial charge in [-0.2, -0.15) is 0 Å². The highest BCUT2D eigenvalue weighted by Crippen LogP contribution is 2.29. The molecule has 0 spiro atoms. The highest BCUT2D eigenvalue weighted by atomic mass is 32.1. The summed E-state index contributed by atoms with van der Waals surface area (Å²) in [5, 5.41) is 15.6. The first-order chi connectivity index (χ1) is 13.2. The molecule has 3 heterocycles. The van der Waals surface area contributed by atoms with Crippen LogP contribution < -0.4 is 15.5 Å². The van der Waals surface area contributed by atoms with Gasteiger partial charge in [-0.05, 0) is 38.5 Å². The van der Waals surface area contributed by atoms with Crippen LogP contribution >= 0.6 is 11.3 Å². The molecule has 2 N–H and O–H groups in total. The van der Waals surface area contributed by atoms with Crippen LogP contribution in [-0.4, -0.2) is 65.6 Å². The summed E-state index contributed by atoms with van der Waals surface area (Å²) in [6.07, 6.45) is 7.39. The number of hydrogen-bond acceptors (Lipinski definition) is 6. The smallest absolute Gasteiger partial charge is 0.321 e. The maximum absolute atomic E-state index is 13.3. The summed E-state index contributed by atoms with van der Waals surface area (Å²) < 4.78 is 13.3. The topological polar surface area (TPSA) is 73.4 Å². The molecule has 0 bridgehead atoms. The van der Waals surface area contributed by atoms with Crippen molar-refractivity contribution in [3.8, 4) is 0 Å². The number of piperidine rings is 2. The molecule has 7 nitrogen and oxygen atoms in total. The summed E-state index contributed by atoms with van der Waals surface area (Å²) in [6, 6.07) is 0.662. The SMILES string of the molecule is O=C(Nc1nnc(N2CCC(N3CCC(F)CC3)CC2)s1)NC1CCCC1. The van der Waals surface area contributed by atoms with Crippen LogP contribution in [0, 0.1) is 0 Å². The largest absolute Gasteiger partial charge is 0.346 e. The summed E-state index contributed by atoms with van der Waals surface area (Å²) in [4.78, 5) is 16.8. The van der Waals surface area contributed by atoms with E-state index in [2.05, 4.69) is 30.6 Å². The van der Waals surface area contributed by atoms with Crippen molar-refractivity contribution in [2.75, 3.05) is 36.4 Å². The Morgan fingerprint density at radius 3 is 2.41 bits per heavy atom. The average Bonchev–Trinajstić information content (AvgIpc) is 3.35. The molecule has 3 aliphatic rings. The molecule has 1 saturated carbocycles. The standard InChI is InChI=1S/C18H29FN6OS/c19-13-5-9-24(10-6-13)15-7-11-25(12-8-15)18-23-22-17(27-18)21-16(26)20-14-3-1-2-4-14/h13-15H,1-12H2,(H2,20,21,22,26). The lowest BCUT2D eigenvalue weighted by Gasteiger charge is -2.40. The first-order valence-electron chi connectivity index (χ1n) is 10.2. The predicted molar refractivity (Wildman–Crippen MR) is 105 cm³/mol. The summed E-state index contributed by atoms with van der Waals surface area (Å²) in [6.45, 7) is 3.63. The number of aromatic nitrogens is 2. The van der Waals surface area contributed by atoms with E-state index in [0.717, 1.165) is 57.0 Å². The van der Waals surface area contributed by atoms with Crippen LogP contribution in [0.4, 0.5) is 19.4 Å². The monoisotopic (exact) mass is 396 g/mol. The minimum Gasteiger partial charge on any atom is -0.346 e. The maximum Gasteiger partial charge on any atom is 0.321 e. The van der Waals surface area contributed by atoms with Crippen LogP contribution in [0.15, 0.2) is 0 Å². The summed E-state index contributed by atoms with van der Waals surface area (Å²) in [5.74, 6) is 0. The molecule has 0 atom stereocenters. The van der Waals surface area contributed by atoms with Crippen LogP contribution in [0.2, 0.25) is 0 Å². The molecule has 150 valence electrons. The van der Waals surface area contributed by atoms with Gasteiger partial charge in [0.2, 0.25) is 10.3 Å². The van der Waals surface area contributed by atoms with Gasteiger partial charge in [-0.15, -0.1) is 10.2 Å². The number of amides is 2. The minimum atomic E-state index is -0.612. The molecular formula is C18H29FN6OS. The molecule has 4 rings (SSSR count). The van der Waals surface area contributed by atoms with Crippen LogP contribution in [0.25, 0.3) is 0 Å². The molecule has 2 amide bonds. The Kier molecular flexibility index (Phi) is 6.07. The third kappa shape index (κ3) is 4.87. The zero-order valence-corrected chi connectivity index (χ0v) is 16.5. The first-order valence-corrected chi connectivity index (χ1v) is 11.0. The molecule has 1 aromatic rings. The van der Waals surface area contributed by atoms with Crippen molar-refractivity contribution in [3.05, 3.63) is 0 Å². The number of hydrogen-bond donors (Lipinski definition) is 2. The van der Waals surface area contributed by atoms with Gasteiger partial charge < -0.3 is 15.1 Å². The van der Waals surface area contributed by atoms with E-state index in [1.54, 1.807) is 0 Å². The Morgan fingerprint density at radius 1 is 1.00 bits per heavy atom. The van der Waals surface area contributed by atoms with Crippen molar-refractivity contribution in [3.63, 3.8) is 0 Å². The van der Waals surface area contributed by atoms with Gasteiger partial charge in [0.15, 0.2) is 0 Å². The molecule has 0 unspecified atom stereocenters. The number of nitrogens with zero attached hydrogens (tertiary/aromatic N) is 4. The van der Waals surface area contributed by atoms with Crippen LogP contribution in [-0.2, 0) is 0 Å². The number of nitrogens with one attached hydrogen (secondary N) is 2. The van der Waals surface area contributed by atoms with Gasteiger partial charge in [0.1, 0.15) is 6.17 Å². The number of halogens is 1. The second-order valence-corrected chi connectivity index (χ2v) is 8.85. The fourth-order valence-electron chi connectivity index (χ4n) is 4.44. The number of anilines is 2. The summed E-state index contributed by atoms with van der Waals surface area (Å²) in [5.41, 5.74) is 0. The summed E-state index contributed by atoms with van der Waals surface area (Å²) >= 11 is 1.43. The zero-order valence-electron chi connectivity index (χ0n) is 15.7. The zero-order chi connectivity index (χ0) is 18.6. The number of carbonyl (C=O) groups is 1. The minimum absolute atomic E-state index is 0.181. The summed E-state index contributed by atoms with van der Waals surface area (Å²) in [7, 11) is 0. The molecule has 3 fully saturated rings. The fraction of sp³-hybridized carbons (Fsp3) is 0.833. The predicted octanol–water partition coefficient (Wildman–Crippen LogP) is 3.00. The lowest BCUT2D eigenvalue weighted by molar-refractivity contribution is 0.0981. The van der Waals surface area contributed by atoms with Gasteiger partial charge in [0.25, 0.3) is 0 Å². The number of carbonyl (C=O) groups excluding carboxylic acids is 1. The van der Waals surface area contributed by atoms with Gasteiger partial charge >= 0.3 is 6.03 Å². The highest BCUT2D eigenvalue weighted by Gasteiger charge is 2.29. The van der Waals surface area contributed by atoms with E-state index < -0.39 is 6.17 Å². The molecule has 1 aromatic heterocycles. The quantitative estimate of drug-likeness (QED) is 0.818. The van der Waals surface area contributed by atoms with Gasteiger partial charge in [0, 0.05) is 38.3 Å². The third-order valence-corrected chi connectivity index (χ3v) is 6.94. The molecule has 2 aliphatic heterocycles. The van der Waals surface area contributed by atoms with E-state index in [1.807, 2.05) is 0 Å². The lowest BCUT2D eigenvalue weighted by atomic mass is 10.00. The average molecular weight is 397 g/mol. The molecule has 0 radical (unpaired) electrons. The van der Waals surface area contributed by atoms with Gasteiger partial charge in [-0.3, -0.25) is 5.32 Å². The van der Waals surface area contributed by atoms with Gasteiger partial charge in [-0.1, -0.05) is 24.2 Å². The Hall–Kier alpha value is -1.48. The van der Waals surface area contributed by atoms with E-state index >= 15 is 0 Å². The number of rotatable bonds is 4. The van der Waals surface area contributed by atoms with Crippen molar-refractivity contribution in [1.82, 2.24) is 20.4 Å². The molecule has 1 aliphatic carbocycles. The number of urea groups is 1. The van der Waals surface area contributed by atoms with E-state index in [0.29, 0.717) is 30.1 Å². The van der Waals surface area contributed by atoms with Crippen molar-refractivity contribution in [1.29, 1.82) is 0 Å². The van der Waals surface area contributed by atoms with Crippen LogP contribution in [0.1, 0.15) is 51.4 Å². The van der Waals surface area contributed by atoms with Crippen molar-refractivity contribution in [2.45, 2.75) is 69.6 Å². The van der Waals surface area contributed by atoms with E-state index in [-0.39, 0.29) is 6.03 Å². The van der Waals surface area contributed by atoms with E-state index in [4.69, 9.17) is 0 Å². The maximum atomic E-state index is 13.3. The Bertz CT molecular complexity index is 621. The first kappa shape index (κ1) is 18.9. The van der Waals surface area contributed by atoms with Crippen molar-refractivity contribution >= 4 is 27.6 Å². The molecule has 27 heavy (non-hydrogen) atoms. The van der Waals surface area contributed by atoms with E-state index in [1.165, 1.54) is 24.2 Å². The molecular weight excluding hydrogens is 367 g/mol. The highest BCUT2D eigenvalue weighted by molar-refractivity contribution is 7.19. The molecule has 0 aromatic carbocycles. The van der Waals surface area contributed by atoms with E-state index in [9.17, 15) is 9.18 Å². The Morgan fingerprint density at radius 2 is 1.70 bits per heavy atom. The van der Waals surface area contributed by atoms with Gasteiger partial charge in [-0.25, -0.2) is 9.18 Å². The Balaban J connectivity index is 1.23. The van der Waals surface area contributed by atoms with Crippen molar-refractivity contribution in [2.24, 2.45) is 0 Å². The van der Waals surface area contributed by atoms with Crippen molar-refractivity contribution < 1.29 is 9.18 Å². The van der Waals surface area contributed by atoms with Crippen LogP contribution in [0.5, 0.6) is 0 Å². The van der Waals surface area contributed by atoms with Crippen LogP contribution in [0.3, 0.4) is 0 Å². The third-order valence-electron chi connectivity index (χ3n) is 6.04. The fourth-order valence-corrected chi connectivity index (χ4v) is 5.23. The number of alkyl halides is 1. The normalized spacial score (nSPS) is 23.7. The Labute approximate surface area is 163 Å².